The monoisotopic (exact) mass is 501 g/mol. The lowest BCUT2D eigenvalue weighted by Gasteiger charge is -2.28. The van der Waals surface area contributed by atoms with Gasteiger partial charge in [0.2, 0.25) is 0 Å². The minimum atomic E-state index is -0.393. The Bertz CT molecular complexity index is 1430. The molecule has 0 N–H and O–H groups in total. The van der Waals surface area contributed by atoms with Gasteiger partial charge in [-0.05, 0) is 74.1 Å². The molecule has 2 aromatic carbocycles. The summed E-state index contributed by atoms with van der Waals surface area (Å²) < 4.78 is 0.998. The number of anilines is 2. The number of aryl methyl sites for hydroxylation is 2. The van der Waals surface area contributed by atoms with Crippen LogP contribution in [0, 0.1) is 24.0 Å². The first kappa shape index (κ1) is 23.9. The molecular formula is C27H27N5O3S. The number of carbonyl (C=O) groups is 1. The number of aromatic nitrogens is 2. The number of carbonyl (C=O) groups excluding carboxylic acids is 1. The SMILES string of the molecule is Cc1cc(C)c2nc(N(Cc3cccnc3)C(=O)c3ccc(N4CCCCC4)c([N+](=O)[O-])c3)sc2c1. The van der Waals surface area contributed by atoms with E-state index in [9.17, 15) is 14.9 Å². The second-order valence-corrected chi connectivity index (χ2v) is 10.2. The Morgan fingerprint density at radius 1 is 1.14 bits per heavy atom. The Hall–Kier alpha value is -3.85. The molecular weight excluding hydrogens is 474 g/mol. The summed E-state index contributed by atoms with van der Waals surface area (Å²) in [6, 6.07) is 12.7. The normalized spacial score (nSPS) is 13.7. The van der Waals surface area contributed by atoms with Gasteiger partial charge in [0.05, 0.1) is 21.7 Å². The van der Waals surface area contributed by atoms with Crippen molar-refractivity contribution >= 4 is 44.0 Å². The van der Waals surface area contributed by atoms with E-state index in [0.29, 0.717) is 10.8 Å². The van der Waals surface area contributed by atoms with Crippen molar-refractivity contribution in [2.24, 2.45) is 0 Å². The smallest absolute Gasteiger partial charge is 0.293 e. The lowest BCUT2D eigenvalue weighted by Crippen LogP contribution is -2.31. The van der Waals surface area contributed by atoms with Crippen LogP contribution in [0.3, 0.4) is 0 Å². The van der Waals surface area contributed by atoms with E-state index in [1.54, 1.807) is 29.4 Å². The number of nitrogens with zero attached hydrogens (tertiary/aromatic N) is 5. The topological polar surface area (TPSA) is 92.5 Å². The van der Waals surface area contributed by atoms with Crippen molar-refractivity contribution < 1.29 is 9.72 Å². The number of nitro groups is 1. The molecule has 0 aliphatic carbocycles. The number of pyridine rings is 1. The summed E-state index contributed by atoms with van der Waals surface area (Å²) in [6.07, 6.45) is 6.54. The lowest BCUT2D eigenvalue weighted by molar-refractivity contribution is -0.384. The van der Waals surface area contributed by atoms with Crippen LogP contribution in [-0.4, -0.2) is 33.9 Å². The zero-order valence-corrected chi connectivity index (χ0v) is 21.1. The third kappa shape index (κ3) is 4.79. The van der Waals surface area contributed by atoms with E-state index in [1.807, 2.05) is 30.9 Å². The van der Waals surface area contributed by atoms with Gasteiger partial charge in [-0.1, -0.05) is 23.5 Å². The molecule has 0 unspecified atom stereocenters. The first-order valence-corrected chi connectivity index (χ1v) is 12.8. The molecule has 5 rings (SSSR count). The number of piperidine rings is 1. The first-order valence-electron chi connectivity index (χ1n) is 12.0. The molecule has 1 aliphatic heterocycles. The van der Waals surface area contributed by atoms with Crippen LogP contribution in [0.15, 0.2) is 54.9 Å². The minimum absolute atomic E-state index is 0.0418. The number of hydrogen-bond donors (Lipinski definition) is 0. The highest BCUT2D eigenvalue weighted by atomic mass is 32.1. The fraction of sp³-hybridized carbons (Fsp3) is 0.296. The van der Waals surface area contributed by atoms with Gasteiger partial charge in [-0.15, -0.1) is 0 Å². The Labute approximate surface area is 213 Å². The quantitative estimate of drug-likeness (QED) is 0.236. The lowest BCUT2D eigenvalue weighted by atomic mass is 10.1. The van der Waals surface area contributed by atoms with Gasteiger partial charge in [0.15, 0.2) is 5.13 Å². The van der Waals surface area contributed by atoms with Crippen molar-refractivity contribution in [2.45, 2.75) is 39.7 Å². The molecule has 2 aromatic heterocycles. The van der Waals surface area contributed by atoms with E-state index >= 15 is 0 Å². The van der Waals surface area contributed by atoms with E-state index in [4.69, 9.17) is 4.98 Å². The Morgan fingerprint density at radius 2 is 1.94 bits per heavy atom. The molecule has 3 heterocycles. The van der Waals surface area contributed by atoms with Crippen LogP contribution in [0.25, 0.3) is 10.2 Å². The van der Waals surface area contributed by atoms with E-state index in [2.05, 4.69) is 17.1 Å². The van der Waals surface area contributed by atoms with Gasteiger partial charge in [-0.3, -0.25) is 24.8 Å². The summed E-state index contributed by atoms with van der Waals surface area (Å²) in [5.74, 6) is -0.333. The van der Waals surface area contributed by atoms with Crippen molar-refractivity contribution in [3.63, 3.8) is 0 Å². The first-order chi connectivity index (χ1) is 17.4. The Kier molecular flexibility index (Phi) is 6.65. The van der Waals surface area contributed by atoms with Crippen LogP contribution in [0.4, 0.5) is 16.5 Å². The molecule has 1 fully saturated rings. The second kappa shape index (κ2) is 10.0. The Balaban J connectivity index is 1.56. The van der Waals surface area contributed by atoms with Gasteiger partial charge in [0.1, 0.15) is 5.69 Å². The second-order valence-electron chi connectivity index (χ2n) is 9.19. The summed E-state index contributed by atoms with van der Waals surface area (Å²) >= 11 is 1.44. The molecule has 0 spiro atoms. The fourth-order valence-corrected chi connectivity index (χ4v) is 5.88. The van der Waals surface area contributed by atoms with Gasteiger partial charge in [-0.25, -0.2) is 4.98 Å². The fourth-order valence-electron chi connectivity index (χ4n) is 4.74. The third-order valence-electron chi connectivity index (χ3n) is 6.47. The van der Waals surface area contributed by atoms with Crippen molar-refractivity contribution in [3.8, 4) is 0 Å². The number of nitro benzene ring substituents is 1. The largest absolute Gasteiger partial charge is 0.366 e. The van der Waals surface area contributed by atoms with Crippen LogP contribution >= 0.6 is 11.3 Å². The molecule has 36 heavy (non-hydrogen) atoms. The average molecular weight is 502 g/mol. The third-order valence-corrected chi connectivity index (χ3v) is 7.50. The molecule has 0 saturated carbocycles. The average Bonchev–Trinajstić information content (AvgIpc) is 3.32. The predicted octanol–water partition coefficient (Wildman–Crippen LogP) is 6.05. The Morgan fingerprint density at radius 3 is 2.67 bits per heavy atom. The number of rotatable bonds is 6. The summed E-state index contributed by atoms with van der Waals surface area (Å²) in [7, 11) is 0. The van der Waals surface area contributed by atoms with Crippen molar-refractivity contribution in [1.29, 1.82) is 0 Å². The van der Waals surface area contributed by atoms with Crippen molar-refractivity contribution in [1.82, 2.24) is 9.97 Å². The van der Waals surface area contributed by atoms with Gasteiger partial charge in [0, 0.05) is 37.1 Å². The molecule has 8 nitrogen and oxygen atoms in total. The highest BCUT2D eigenvalue weighted by Crippen LogP contribution is 2.35. The summed E-state index contributed by atoms with van der Waals surface area (Å²) in [5, 5.41) is 12.5. The number of hydrogen-bond acceptors (Lipinski definition) is 7. The van der Waals surface area contributed by atoms with Gasteiger partial charge >= 0.3 is 0 Å². The maximum absolute atomic E-state index is 13.9. The summed E-state index contributed by atoms with van der Waals surface area (Å²) in [6.45, 7) is 5.87. The summed E-state index contributed by atoms with van der Waals surface area (Å²) in [5.41, 5.74) is 4.67. The molecule has 4 aromatic rings. The van der Waals surface area contributed by atoms with Crippen molar-refractivity contribution in [3.05, 3.63) is 87.2 Å². The van der Waals surface area contributed by atoms with Gasteiger partial charge < -0.3 is 4.90 Å². The molecule has 9 heteroatoms. The molecule has 1 amide bonds. The van der Waals surface area contributed by atoms with Crippen molar-refractivity contribution in [2.75, 3.05) is 22.9 Å². The molecule has 1 aliphatic rings. The van der Waals surface area contributed by atoms with Crippen LogP contribution in [0.5, 0.6) is 0 Å². The minimum Gasteiger partial charge on any atom is -0.366 e. The molecule has 0 radical (unpaired) electrons. The van der Waals surface area contributed by atoms with Gasteiger partial charge in [0.25, 0.3) is 11.6 Å². The highest BCUT2D eigenvalue weighted by molar-refractivity contribution is 7.22. The molecule has 0 bridgehead atoms. The van der Waals surface area contributed by atoms with Crippen LogP contribution in [-0.2, 0) is 6.54 Å². The summed E-state index contributed by atoms with van der Waals surface area (Å²) in [4.78, 5) is 38.1. The van der Waals surface area contributed by atoms with E-state index in [1.165, 1.54) is 17.4 Å². The zero-order valence-electron chi connectivity index (χ0n) is 20.3. The maximum atomic E-state index is 13.9. The van der Waals surface area contributed by atoms with Crippen LogP contribution < -0.4 is 9.80 Å². The predicted molar refractivity (Wildman–Crippen MR) is 143 cm³/mol. The number of amides is 1. The maximum Gasteiger partial charge on any atom is 0.293 e. The standard InChI is InChI=1S/C27H27N5O3S/c1-18-13-19(2)25-24(14-18)36-27(29-25)31(17-20-7-6-10-28-16-20)26(33)21-8-9-22(23(15-21)32(34)35)30-11-4-3-5-12-30/h6-10,13-16H,3-5,11-12,17H2,1-2H3. The molecule has 184 valence electrons. The number of fused-ring (bicyclic) bond motifs is 1. The van der Waals surface area contributed by atoms with E-state index in [-0.39, 0.29) is 23.7 Å². The molecule has 1 saturated heterocycles. The number of thiazole rings is 1. The highest BCUT2D eigenvalue weighted by Gasteiger charge is 2.27. The van der Waals surface area contributed by atoms with Gasteiger partial charge in [-0.2, -0.15) is 0 Å². The van der Waals surface area contributed by atoms with Crippen LogP contribution in [0.2, 0.25) is 0 Å². The number of benzene rings is 2. The molecule has 0 atom stereocenters. The van der Waals surface area contributed by atoms with E-state index < -0.39 is 4.92 Å². The zero-order chi connectivity index (χ0) is 25.2. The van der Waals surface area contributed by atoms with E-state index in [0.717, 1.165) is 59.3 Å². The van der Waals surface area contributed by atoms with Crippen LogP contribution in [0.1, 0.15) is 46.3 Å².